The van der Waals surface area contributed by atoms with E-state index >= 15 is 0 Å². The van der Waals surface area contributed by atoms with Gasteiger partial charge >= 0.3 is 0 Å². The molecule has 1 aliphatic heterocycles. The van der Waals surface area contributed by atoms with E-state index in [1.54, 1.807) is 28.9 Å². The van der Waals surface area contributed by atoms with Crippen LogP contribution in [0.3, 0.4) is 0 Å². The number of hydrogen-bond acceptors (Lipinski definition) is 5. The number of rotatable bonds is 6. The van der Waals surface area contributed by atoms with Gasteiger partial charge in [-0.3, -0.25) is 9.59 Å². The molecule has 192 valence electrons. The normalized spacial score (nSPS) is 17.6. The third kappa shape index (κ3) is 5.26. The SMILES string of the molecule is CSc1nn2c(c1C(=O)NC1CCCCC1)NC(C)=C(C(=O)Nc1cccc(Cl)c1)C2c1ccccc1. The molecule has 3 aromatic rings. The Morgan fingerprint density at radius 2 is 1.81 bits per heavy atom. The lowest BCUT2D eigenvalue weighted by Crippen LogP contribution is -2.37. The van der Waals surface area contributed by atoms with Gasteiger partial charge in [0.15, 0.2) is 0 Å². The minimum atomic E-state index is -0.515. The number of thioether (sulfide) groups is 1. The average molecular weight is 536 g/mol. The van der Waals surface area contributed by atoms with Gasteiger partial charge in [-0.1, -0.05) is 67.3 Å². The minimum absolute atomic E-state index is 0.128. The van der Waals surface area contributed by atoms with Gasteiger partial charge in [-0.25, -0.2) is 4.68 Å². The van der Waals surface area contributed by atoms with E-state index in [-0.39, 0.29) is 17.9 Å². The van der Waals surface area contributed by atoms with Crippen LogP contribution in [0.15, 0.2) is 70.9 Å². The van der Waals surface area contributed by atoms with Crippen LogP contribution in [-0.2, 0) is 4.79 Å². The highest BCUT2D eigenvalue weighted by Crippen LogP contribution is 2.40. The van der Waals surface area contributed by atoms with Crippen molar-refractivity contribution < 1.29 is 9.59 Å². The van der Waals surface area contributed by atoms with Crippen LogP contribution in [0.2, 0.25) is 5.02 Å². The fraction of sp³-hybridized carbons (Fsp3) is 0.321. The van der Waals surface area contributed by atoms with Gasteiger partial charge in [0, 0.05) is 22.4 Å². The van der Waals surface area contributed by atoms with Gasteiger partial charge < -0.3 is 16.0 Å². The van der Waals surface area contributed by atoms with Crippen molar-refractivity contribution in [2.24, 2.45) is 0 Å². The van der Waals surface area contributed by atoms with E-state index in [0.29, 0.717) is 38.4 Å². The van der Waals surface area contributed by atoms with Crippen LogP contribution in [-0.4, -0.2) is 33.9 Å². The first kappa shape index (κ1) is 25.4. The highest BCUT2D eigenvalue weighted by atomic mass is 35.5. The van der Waals surface area contributed by atoms with E-state index in [1.807, 2.05) is 43.5 Å². The first-order chi connectivity index (χ1) is 18.0. The summed E-state index contributed by atoms with van der Waals surface area (Å²) in [5, 5.41) is 15.6. The zero-order valence-corrected chi connectivity index (χ0v) is 22.5. The Morgan fingerprint density at radius 3 is 2.51 bits per heavy atom. The maximum absolute atomic E-state index is 13.7. The Balaban J connectivity index is 1.55. The number of carbonyl (C=O) groups excluding carboxylic acids is 2. The maximum Gasteiger partial charge on any atom is 0.258 e. The highest BCUT2D eigenvalue weighted by Gasteiger charge is 2.37. The Hall–Kier alpha value is -3.23. The van der Waals surface area contributed by atoms with E-state index in [9.17, 15) is 9.59 Å². The van der Waals surface area contributed by atoms with Crippen LogP contribution >= 0.6 is 23.4 Å². The van der Waals surface area contributed by atoms with Gasteiger partial charge in [-0.05, 0) is 49.8 Å². The summed E-state index contributed by atoms with van der Waals surface area (Å²) >= 11 is 7.56. The van der Waals surface area contributed by atoms with Crippen molar-refractivity contribution in [2.75, 3.05) is 16.9 Å². The lowest BCUT2D eigenvalue weighted by molar-refractivity contribution is -0.113. The number of benzene rings is 2. The Bertz CT molecular complexity index is 1350. The molecule has 1 fully saturated rings. The van der Waals surface area contributed by atoms with Crippen molar-refractivity contribution >= 4 is 46.7 Å². The molecule has 0 saturated heterocycles. The smallest absolute Gasteiger partial charge is 0.258 e. The van der Waals surface area contributed by atoms with Crippen LogP contribution in [0.1, 0.15) is 61.0 Å². The third-order valence-electron chi connectivity index (χ3n) is 6.91. The van der Waals surface area contributed by atoms with Gasteiger partial charge in [-0.2, -0.15) is 5.10 Å². The van der Waals surface area contributed by atoms with Crippen LogP contribution < -0.4 is 16.0 Å². The van der Waals surface area contributed by atoms with Crippen molar-refractivity contribution in [3.05, 3.63) is 82.0 Å². The molecule has 1 unspecified atom stereocenters. The third-order valence-corrected chi connectivity index (χ3v) is 7.82. The van der Waals surface area contributed by atoms with Crippen LogP contribution in [0.25, 0.3) is 0 Å². The number of anilines is 2. The molecule has 2 heterocycles. The summed E-state index contributed by atoms with van der Waals surface area (Å²) in [5.41, 5.74) is 3.21. The first-order valence-electron chi connectivity index (χ1n) is 12.5. The Labute approximate surface area is 226 Å². The fourth-order valence-electron chi connectivity index (χ4n) is 5.15. The summed E-state index contributed by atoms with van der Waals surface area (Å²) in [6, 6.07) is 16.5. The molecule has 0 radical (unpaired) electrons. The molecular formula is C28H30ClN5O2S. The largest absolute Gasteiger partial charge is 0.349 e. The van der Waals surface area contributed by atoms with Crippen molar-refractivity contribution in [3.63, 3.8) is 0 Å². The summed E-state index contributed by atoms with van der Waals surface area (Å²) in [5.74, 6) is 0.209. The second-order valence-corrected chi connectivity index (χ2v) is 10.7. The second kappa shape index (κ2) is 11.0. The standard InChI is InChI=1S/C28H30ClN5O2S/c1-17-22(26(35)32-21-15-9-12-19(29)16-21)24(18-10-5-3-6-11-18)34-25(30-17)23(28(33-34)37-2)27(36)31-20-13-7-4-8-14-20/h3,5-6,9-12,15-16,20,24,30H,4,7-8,13-14H2,1-2H3,(H,31,36)(H,32,35). The van der Waals surface area contributed by atoms with E-state index in [0.717, 1.165) is 31.2 Å². The van der Waals surface area contributed by atoms with Gasteiger partial charge in [-0.15, -0.1) is 11.8 Å². The minimum Gasteiger partial charge on any atom is -0.349 e. The fourth-order valence-corrected chi connectivity index (χ4v) is 5.90. The van der Waals surface area contributed by atoms with Crippen molar-refractivity contribution in [1.29, 1.82) is 0 Å². The van der Waals surface area contributed by atoms with Gasteiger partial charge in [0.05, 0.1) is 5.57 Å². The van der Waals surface area contributed by atoms with E-state index in [1.165, 1.54) is 18.2 Å². The van der Waals surface area contributed by atoms with Gasteiger partial charge in [0.2, 0.25) is 0 Å². The highest BCUT2D eigenvalue weighted by molar-refractivity contribution is 7.98. The zero-order chi connectivity index (χ0) is 25.9. The van der Waals surface area contributed by atoms with Crippen molar-refractivity contribution in [2.45, 2.75) is 56.1 Å². The number of aromatic nitrogens is 2. The molecule has 7 nitrogen and oxygen atoms in total. The number of hydrogen-bond donors (Lipinski definition) is 3. The molecule has 1 atom stereocenters. The van der Waals surface area contributed by atoms with Crippen molar-refractivity contribution in [1.82, 2.24) is 15.1 Å². The number of halogens is 1. The summed E-state index contributed by atoms with van der Waals surface area (Å²) in [7, 11) is 0. The van der Waals surface area contributed by atoms with Gasteiger partial charge in [0.25, 0.3) is 11.8 Å². The molecule has 2 aromatic carbocycles. The first-order valence-corrected chi connectivity index (χ1v) is 14.1. The molecule has 1 aromatic heterocycles. The molecule has 37 heavy (non-hydrogen) atoms. The number of nitrogens with zero attached hydrogens (tertiary/aromatic N) is 2. The molecular weight excluding hydrogens is 506 g/mol. The Morgan fingerprint density at radius 1 is 1.05 bits per heavy atom. The van der Waals surface area contributed by atoms with Crippen LogP contribution in [0.4, 0.5) is 11.5 Å². The number of fused-ring (bicyclic) bond motifs is 1. The molecule has 2 aliphatic rings. The summed E-state index contributed by atoms with van der Waals surface area (Å²) < 4.78 is 1.77. The molecule has 0 bridgehead atoms. The zero-order valence-electron chi connectivity index (χ0n) is 20.9. The molecule has 9 heteroatoms. The number of amides is 2. The lowest BCUT2D eigenvalue weighted by atomic mass is 9.94. The van der Waals surface area contributed by atoms with E-state index in [4.69, 9.17) is 16.7 Å². The lowest BCUT2D eigenvalue weighted by Gasteiger charge is -2.30. The molecule has 5 rings (SSSR count). The predicted molar refractivity (Wildman–Crippen MR) is 149 cm³/mol. The average Bonchev–Trinajstić information content (AvgIpc) is 3.27. The topological polar surface area (TPSA) is 88.1 Å². The second-order valence-electron chi connectivity index (χ2n) is 9.43. The predicted octanol–water partition coefficient (Wildman–Crippen LogP) is 6.25. The number of allylic oxidation sites excluding steroid dienone is 1. The Kier molecular flexibility index (Phi) is 7.58. The van der Waals surface area contributed by atoms with Crippen molar-refractivity contribution in [3.8, 4) is 0 Å². The molecule has 1 aliphatic carbocycles. The molecule has 1 saturated carbocycles. The van der Waals surface area contributed by atoms with Gasteiger partial charge in [0.1, 0.15) is 22.4 Å². The maximum atomic E-state index is 13.7. The van der Waals surface area contributed by atoms with E-state index in [2.05, 4.69) is 16.0 Å². The number of carbonyl (C=O) groups is 2. The number of nitrogens with one attached hydrogen (secondary N) is 3. The molecule has 2 amide bonds. The van der Waals surface area contributed by atoms with E-state index < -0.39 is 6.04 Å². The summed E-state index contributed by atoms with van der Waals surface area (Å²) in [4.78, 5) is 27.2. The molecule has 0 spiro atoms. The van der Waals surface area contributed by atoms with Crippen LogP contribution in [0, 0.1) is 0 Å². The monoisotopic (exact) mass is 535 g/mol. The quantitative estimate of drug-likeness (QED) is 0.325. The summed E-state index contributed by atoms with van der Waals surface area (Å²) in [6.45, 7) is 1.86. The summed E-state index contributed by atoms with van der Waals surface area (Å²) in [6.07, 6.45) is 7.39. The van der Waals surface area contributed by atoms with Crippen LogP contribution in [0.5, 0.6) is 0 Å². The molecule has 3 N–H and O–H groups in total.